The summed E-state index contributed by atoms with van der Waals surface area (Å²) in [7, 11) is 0. The van der Waals surface area contributed by atoms with Crippen molar-refractivity contribution in [3.05, 3.63) is 41.0 Å². The Kier molecular flexibility index (Phi) is 4.59. The van der Waals surface area contributed by atoms with Gasteiger partial charge in [-0.3, -0.25) is 4.79 Å². The van der Waals surface area contributed by atoms with E-state index in [1.807, 2.05) is 18.2 Å². The molecule has 1 aliphatic carbocycles. The lowest BCUT2D eigenvalue weighted by atomic mass is 9.78. The number of anilines is 3. The summed E-state index contributed by atoms with van der Waals surface area (Å²) in [4.78, 5) is 23.2. The number of nitrogens with zero attached hydrogens (tertiary/aromatic N) is 3. The van der Waals surface area contributed by atoms with Gasteiger partial charge in [-0.05, 0) is 43.0 Å². The van der Waals surface area contributed by atoms with Crippen molar-refractivity contribution in [3.8, 4) is 0 Å². The molecule has 4 heterocycles. The van der Waals surface area contributed by atoms with Gasteiger partial charge in [0.2, 0.25) is 5.91 Å². The predicted octanol–water partition coefficient (Wildman–Crippen LogP) is 4.76. The topological polar surface area (TPSA) is 70.2 Å². The van der Waals surface area contributed by atoms with Crippen LogP contribution in [-0.2, 0) is 17.6 Å². The minimum absolute atomic E-state index is 0.0338. The van der Waals surface area contributed by atoms with Crippen LogP contribution in [0.15, 0.2) is 30.6 Å². The monoisotopic (exact) mass is 473 g/mol. The van der Waals surface area contributed by atoms with E-state index < -0.39 is 12.6 Å². The number of carbonyl (C=O) groups excluding carboxylic acids is 1. The number of alkyl halides is 3. The third kappa shape index (κ3) is 3.90. The van der Waals surface area contributed by atoms with Crippen molar-refractivity contribution in [2.45, 2.75) is 44.3 Å². The predicted molar refractivity (Wildman–Crippen MR) is 122 cm³/mol. The van der Waals surface area contributed by atoms with Crippen molar-refractivity contribution in [1.29, 1.82) is 0 Å². The van der Waals surface area contributed by atoms with Crippen LogP contribution in [0.2, 0.25) is 0 Å². The molecule has 3 aromatic rings. The average molecular weight is 474 g/mol. The van der Waals surface area contributed by atoms with Crippen LogP contribution in [0.25, 0.3) is 10.2 Å². The zero-order valence-electron chi connectivity index (χ0n) is 17.7. The zero-order valence-corrected chi connectivity index (χ0v) is 18.5. The highest BCUT2D eigenvalue weighted by molar-refractivity contribution is 7.18. The van der Waals surface area contributed by atoms with E-state index in [2.05, 4.69) is 25.5 Å². The lowest BCUT2D eigenvalue weighted by Crippen LogP contribution is -2.56. The number of halogens is 3. The number of aromatic nitrogens is 2. The maximum Gasteiger partial charge on any atom is 0.393 e. The van der Waals surface area contributed by atoms with Gasteiger partial charge in [0, 0.05) is 40.8 Å². The Balaban J connectivity index is 1.12. The number of rotatable bonds is 4. The van der Waals surface area contributed by atoms with Crippen molar-refractivity contribution in [2.24, 2.45) is 5.41 Å². The molecule has 33 heavy (non-hydrogen) atoms. The lowest BCUT2D eigenvalue weighted by molar-refractivity contribution is -0.126. The molecular formula is C23H22F3N5OS. The van der Waals surface area contributed by atoms with Crippen molar-refractivity contribution in [1.82, 2.24) is 9.97 Å². The Morgan fingerprint density at radius 3 is 2.91 bits per heavy atom. The highest BCUT2D eigenvalue weighted by Gasteiger charge is 2.49. The number of hydrogen-bond donors (Lipinski definition) is 2. The van der Waals surface area contributed by atoms with E-state index in [4.69, 9.17) is 0 Å². The van der Waals surface area contributed by atoms with E-state index >= 15 is 0 Å². The van der Waals surface area contributed by atoms with Gasteiger partial charge in [0.25, 0.3) is 0 Å². The molecule has 10 heteroatoms. The molecule has 1 saturated carbocycles. The molecule has 6 rings (SSSR count). The number of benzene rings is 1. The first-order chi connectivity index (χ1) is 15.8. The maximum atomic E-state index is 12.8. The van der Waals surface area contributed by atoms with Gasteiger partial charge in [-0.15, -0.1) is 11.3 Å². The molecule has 172 valence electrons. The molecule has 2 aromatic heterocycles. The quantitative estimate of drug-likeness (QED) is 0.572. The molecule has 0 bridgehead atoms. The van der Waals surface area contributed by atoms with Crippen molar-refractivity contribution in [3.63, 3.8) is 0 Å². The van der Waals surface area contributed by atoms with Crippen molar-refractivity contribution >= 4 is 44.7 Å². The second-order valence-corrected chi connectivity index (χ2v) is 10.6. The van der Waals surface area contributed by atoms with Crippen LogP contribution >= 0.6 is 11.3 Å². The Morgan fingerprint density at radius 2 is 2.09 bits per heavy atom. The number of amides is 1. The molecule has 3 aliphatic rings. The van der Waals surface area contributed by atoms with Gasteiger partial charge < -0.3 is 15.5 Å². The number of carbonyl (C=O) groups is 1. The van der Waals surface area contributed by atoms with Gasteiger partial charge in [0.05, 0.1) is 18.2 Å². The largest absolute Gasteiger partial charge is 0.393 e. The molecule has 2 aliphatic heterocycles. The minimum atomic E-state index is -4.23. The third-order valence-corrected chi connectivity index (χ3v) is 7.94. The van der Waals surface area contributed by atoms with Gasteiger partial charge in [-0.2, -0.15) is 13.2 Å². The van der Waals surface area contributed by atoms with E-state index in [0.29, 0.717) is 22.7 Å². The van der Waals surface area contributed by atoms with Crippen molar-refractivity contribution in [2.75, 3.05) is 28.6 Å². The highest BCUT2D eigenvalue weighted by atomic mass is 32.1. The van der Waals surface area contributed by atoms with Gasteiger partial charge in [0.15, 0.2) is 0 Å². The molecular weight excluding hydrogens is 451 g/mol. The summed E-state index contributed by atoms with van der Waals surface area (Å²) in [5.74, 6) is 0.771. The van der Waals surface area contributed by atoms with Crippen LogP contribution in [0.3, 0.4) is 0 Å². The van der Waals surface area contributed by atoms with Crippen LogP contribution < -0.4 is 15.5 Å². The molecule has 1 amide bonds. The number of nitrogens with one attached hydrogen (secondary N) is 2. The summed E-state index contributed by atoms with van der Waals surface area (Å²) in [6.07, 6.45) is -0.0875. The molecule has 6 nitrogen and oxygen atoms in total. The molecule has 2 N–H and O–H groups in total. The molecule has 2 fully saturated rings. The van der Waals surface area contributed by atoms with Gasteiger partial charge >= 0.3 is 6.18 Å². The van der Waals surface area contributed by atoms with Crippen LogP contribution in [0.4, 0.5) is 30.4 Å². The summed E-state index contributed by atoms with van der Waals surface area (Å²) in [6, 6.07) is 7.99. The minimum Gasteiger partial charge on any atom is -0.382 e. The Morgan fingerprint density at radius 1 is 1.24 bits per heavy atom. The third-order valence-electron chi connectivity index (χ3n) is 6.89. The van der Waals surface area contributed by atoms with Gasteiger partial charge in [-0.25, -0.2) is 9.97 Å². The maximum absolute atomic E-state index is 12.8. The Labute approximate surface area is 192 Å². The van der Waals surface area contributed by atoms with Gasteiger partial charge in [0.1, 0.15) is 17.0 Å². The fourth-order valence-corrected chi connectivity index (χ4v) is 6.52. The lowest BCUT2D eigenvalue weighted by Gasteiger charge is -2.49. The van der Waals surface area contributed by atoms with E-state index in [9.17, 15) is 18.0 Å². The first kappa shape index (κ1) is 20.7. The van der Waals surface area contributed by atoms with E-state index in [-0.39, 0.29) is 16.2 Å². The SMILES string of the molecule is O=C1Cc2ccc(NC3CCC4(C3)CN(c3ncnc5sc(CC(F)(F)F)cc35)C4)cc2N1. The normalized spacial score (nSPS) is 21.4. The second kappa shape index (κ2) is 7.31. The highest BCUT2D eigenvalue weighted by Crippen LogP contribution is 2.49. The molecule has 1 atom stereocenters. The molecule has 1 spiro atoms. The van der Waals surface area contributed by atoms with Gasteiger partial charge in [-0.1, -0.05) is 6.07 Å². The van der Waals surface area contributed by atoms with Crippen LogP contribution in [-0.4, -0.2) is 41.2 Å². The summed E-state index contributed by atoms with van der Waals surface area (Å²) < 4.78 is 38.5. The molecule has 1 aromatic carbocycles. The molecule has 0 radical (unpaired) electrons. The fraction of sp³-hybridized carbons (Fsp3) is 0.435. The molecule has 1 saturated heterocycles. The van der Waals surface area contributed by atoms with Crippen LogP contribution in [0.1, 0.15) is 29.7 Å². The van der Waals surface area contributed by atoms with Crippen LogP contribution in [0.5, 0.6) is 0 Å². The number of fused-ring (bicyclic) bond motifs is 2. The summed E-state index contributed by atoms with van der Waals surface area (Å²) in [5.41, 5.74) is 3.14. The first-order valence-corrected chi connectivity index (χ1v) is 11.8. The van der Waals surface area contributed by atoms with Crippen molar-refractivity contribution < 1.29 is 18.0 Å². The summed E-state index contributed by atoms with van der Waals surface area (Å²) >= 11 is 1.09. The second-order valence-electron chi connectivity index (χ2n) is 9.46. The first-order valence-electron chi connectivity index (χ1n) is 11.0. The fourth-order valence-electron chi connectivity index (χ4n) is 5.50. The number of hydrogen-bond acceptors (Lipinski definition) is 6. The smallest absolute Gasteiger partial charge is 0.382 e. The van der Waals surface area contributed by atoms with E-state index in [1.54, 1.807) is 6.07 Å². The standard InChI is InChI=1S/C23H22F3N5OS/c24-23(25,26)9-16-7-17-20(27-12-28-21(17)33-16)31-10-22(11-31)4-3-15(8-22)29-14-2-1-13-5-19(32)30-18(13)6-14/h1-2,6-7,12,15,29H,3-5,8-11H2,(H,30,32). The summed E-state index contributed by atoms with van der Waals surface area (Å²) in [5, 5.41) is 7.22. The average Bonchev–Trinajstić information content (AvgIpc) is 3.40. The van der Waals surface area contributed by atoms with E-state index in [1.165, 1.54) is 6.33 Å². The Bertz CT molecular complexity index is 1250. The zero-order chi connectivity index (χ0) is 22.8. The summed E-state index contributed by atoms with van der Waals surface area (Å²) in [6.45, 7) is 1.70. The van der Waals surface area contributed by atoms with E-state index in [0.717, 1.165) is 66.4 Å². The van der Waals surface area contributed by atoms with Crippen LogP contribution in [0, 0.1) is 5.41 Å². The number of thiophene rings is 1. The Hall–Kier alpha value is -2.88. The molecule has 1 unspecified atom stereocenters.